The quantitative estimate of drug-likeness (QED) is 0.806. The van der Waals surface area contributed by atoms with Crippen LogP contribution in [0.2, 0.25) is 0 Å². The molecule has 0 aromatic heterocycles. The van der Waals surface area contributed by atoms with E-state index in [9.17, 15) is 14.7 Å². The van der Waals surface area contributed by atoms with Crippen molar-refractivity contribution in [2.75, 3.05) is 6.54 Å². The average molecular weight is 261 g/mol. The number of amides is 1. The Morgan fingerprint density at radius 1 is 1.26 bits per heavy atom. The third kappa shape index (κ3) is 1.90. The van der Waals surface area contributed by atoms with Gasteiger partial charge in [-0.2, -0.15) is 0 Å². The lowest BCUT2D eigenvalue weighted by Crippen LogP contribution is -2.45. The number of aliphatic hydroxyl groups excluding tert-OH is 1. The fourth-order valence-corrected chi connectivity index (χ4v) is 2.97. The molecule has 2 N–H and O–H groups in total. The number of benzene rings is 1. The molecule has 1 aromatic carbocycles. The molecule has 2 aliphatic rings. The molecule has 1 heterocycles. The number of carbonyl (C=O) groups is 2. The summed E-state index contributed by atoms with van der Waals surface area (Å²) in [6, 6.07) is 6.80. The Balaban J connectivity index is 1.80. The second kappa shape index (κ2) is 4.35. The van der Waals surface area contributed by atoms with Crippen LogP contribution < -0.4 is 0 Å². The van der Waals surface area contributed by atoms with E-state index < -0.39 is 18.1 Å². The number of nitrogens with zero attached hydrogens (tertiary/aromatic N) is 1. The highest BCUT2D eigenvalue weighted by molar-refractivity contribution is 5.91. The van der Waals surface area contributed by atoms with E-state index in [2.05, 4.69) is 0 Å². The molecule has 0 radical (unpaired) electrons. The van der Waals surface area contributed by atoms with E-state index in [1.165, 1.54) is 4.90 Å². The van der Waals surface area contributed by atoms with E-state index in [1.54, 1.807) is 0 Å². The summed E-state index contributed by atoms with van der Waals surface area (Å²) in [5.41, 5.74) is 2.13. The molecule has 0 saturated carbocycles. The zero-order valence-electron chi connectivity index (χ0n) is 10.3. The van der Waals surface area contributed by atoms with E-state index in [-0.39, 0.29) is 24.8 Å². The number of hydrogen-bond acceptors (Lipinski definition) is 3. The Labute approximate surface area is 110 Å². The number of hydrogen-bond donors (Lipinski definition) is 2. The first-order valence-electron chi connectivity index (χ1n) is 6.37. The minimum Gasteiger partial charge on any atom is -0.480 e. The maximum absolute atomic E-state index is 12.4. The minimum absolute atomic E-state index is 0.120. The first-order valence-corrected chi connectivity index (χ1v) is 6.37. The molecule has 1 aliphatic heterocycles. The van der Waals surface area contributed by atoms with Crippen molar-refractivity contribution in [3.05, 3.63) is 35.4 Å². The Morgan fingerprint density at radius 2 is 2.00 bits per heavy atom. The Morgan fingerprint density at radius 3 is 2.68 bits per heavy atom. The molecule has 5 heteroatoms. The summed E-state index contributed by atoms with van der Waals surface area (Å²) in [5.74, 6) is -1.47. The second-order valence-corrected chi connectivity index (χ2v) is 5.19. The van der Waals surface area contributed by atoms with Gasteiger partial charge in [-0.3, -0.25) is 4.79 Å². The van der Waals surface area contributed by atoms with E-state index in [4.69, 9.17) is 5.11 Å². The average Bonchev–Trinajstić information content (AvgIpc) is 2.73. The lowest BCUT2D eigenvalue weighted by molar-refractivity contribution is -0.149. The highest BCUT2D eigenvalue weighted by atomic mass is 16.4. The molecule has 1 saturated heterocycles. The summed E-state index contributed by atoms with van der Waals surface area (Å²) >= 11 is 0. The lowest BCUT2D eigenvalue weighted by atomic mass is 9.77. The molecule has 5 nitrogen and oxygen atoms in total. The van der Waals surface area contributed by atoms with Crippen LogP contribution in [-0.2, 0) is 16.0 Å². The largest absolute Gasteiger partial charge is 0.480 e. The number of aliphatic hydroxyl groups is 1. The number of carboxylic acids is 1. The first kappa shape index (κ1) is 12.2. The van der Waals surface area contributed by atoms with Crippen molar-refractivity contribution in [3.8, 4) is 0 Å². The van der Waals surface area contributed by atoms with E-state index in [0.29, 0.717) is 6.42 Å². The van der Waals surface area contributed by atoms with Crippen molar-refractivity contribution < 1.29 is 19.8 Å². The van der Waals surface area contributed by atoms with Gasteiger partial charge in [-0.05, 0) is 17.5 Å². The topological polar surface area (TPSA) is 77.8 Å². The zero-order valence-corrected chi connectivity index (χ0v) is 10.3. The number of fused-ring (bicyclic) bond motifs is 1. The fourth-order valence-electron chi connectivity index (χ4n) is 2.97. The molecule has 0 bridgehead atoms. The fraction of sp³-hybridized carbons (Fsp3) is 0.429. The van der Waals surface area contributed by atoms with Crippen LogP contribution >= 0.6 is 0 Å². The van der Waals surface area contributed by atoms with Crippen molar-refractivity contribution >= 4 is 11.9 Å². The van der Waals surface area contributed by atoms with Gasteiger partial charge in [0.1, 0.15) is 6.04 Å². The van der Waals surface area contributed by atoms with Gasteiger partial charge >= 0.3 is 5.97 Å². The predicted molar refractivity (Wildman–Crippen MR) is 66.6 cm³/mol. The van der Waals surface area contributed by atoms with Gasteiger partial charge in [0.25, 0.3) is 0 Å². The van der Waals surface area contributed by atoms with Crippen molar-refractivity contribution in [3.63, 3.8) is 0 Å². The smallest absolute Gasteiger partial charge is 0.326 e. The molecule has 3 rings (SSSR count). The molecule has 0 spiro atoms. The number of β-amino-alcohol motifs (C(OH)–C–C–N with tert-alkyl or cyclic N) is 1. The molecule has 1 aromatic rings. The van der Waals surface area contributed by atoms with Gasteiger partial charge in [0.15, 0.2) is 0 Å². The normalized spacial score (nSPS) is 28.7. The van der Waals surface area contributed by atoms with Gasteiger partial charge in [0.05, 0.1) is 12.0 Å². The molecule has 1 amide bonds. The van der Waals surface area contributed by atoms with Gasteiger partial charge in [0, 0.05) is 13.0 Å². The summed E-state index contributed by atoms with van der Waals surface area (Å²) < 4.78 is 0. The van der Waals surface area contributed by atoms with Crippen molar-refractivity contribution in [1.29, 1.82) is 0 Å². The highest BCUT2D eigenvalue weighted by Crippen LogP contribution is 2.37. The zero-order chi connectivity index (χ0) is 13.6. The number of carbonyl (C=O) groups excluding carboxylic acids is 1. The molecule has 19 heavy (non-hydrogen) atoms. The SMILES string of the molecule is O=C(O)C1CC(O)CN1C(=O)C1Cc2ccccc21. The predicted octanol–water partition coefficient (Wildman–Crippen LogP) is 0.373. The van der Waals surface area contributed by atoms with Crippen molar-refractivity contribution in [2.45, 2.75) is 30.9 Å². The van der Waals surface area contributed by atoms with Crippen molar-refractivity contribution in [1.82, 2.24) is 4.90 Å². The van der Waals surface area contributed by atoms with Crippen LogP contribution in [0.15, 0.2) is 24.3 Å². The van der Waals surface area contributed by atoms with Crippen LogP contribution in [0.3, 0.4) is 0 Å². The van der Waals surface area contributed by atoms with Crippen LogP contribution in [-0.4, -0.2) is 45.7 Å². The Bertz CT molecular complexity index is 542. The van der Waals surface area contributed by atoms with E-state index in [0.717, 1.165) is 11.1 Å². The monoisotopic (exact) mass is 261 g/mol. The maximum atomic E-state index is 12.4. The number of aliphatic carboxylic acids is 1. The second-order valence-electron chi connectivity index (χ2n) is 5.19. The van der Waals surface area contributed by atoms with Crippen LogP contribution in [0.25, 0.3) is 0 Å². The number of rotatable bonds is 2. The van der Waals surface area contributed by atoms with E-state index >= 15 is 0 Å². The molecule has 1 fully saturated rings. The molecule has 1 aliphatic carbocycles. The molecule has 3 atom stereocenters. The third-order valence-electron chi connectivity index (χ3n) is 4.00. The van der Waals surface area contributed by atoms with Gasteiger partial charge < -0.3 is 15.1 Å². The summed E-state index contributed by atoms with van der Waals surface area (Å²) in [6.07, 6.45) is 0.0454. The molecule has 100 valence electrons. The Kier molecular flexibility index (Phi) is 2.78. The van der Waals surface area contributed by atoms with Gasteiger partial charge in [-0.15, -0.1) is 0 Å². The van der Waals surface area contributed by atoms with Gasteiger partial charge in [-0.1, -0.05) is 24.3 Å². The maximum Gasteiger partial charge on any atom is 0.326 e. The van der Waals surface area contributed by atoms with Gasteiger partial charge in [0.2, 0.25) is 5.91 Å². The summed E-state index contributed by atoms with van der Waals surface area (Å²) in [7, 11) is 0. The van der Waals surface area contributed by atoms with Crippen LogP contribution in [0, 0.1) is 0 Å². The summed E-state index contributed by atoms with van der Waals surface area (Å²) in [6.45, 7) is 0.120. The molecule has 3 unspecified atom stereocenters. The summed E-state index contributed by atoms with van der Waals surface area (Å²) in [5, 5.41) is 18.7. The lowest BCUT2D eigenvalue weighted by Gasteiger charge is -2.33. The number of likely N-dealkylation sites (tertiary alicyclic amines) is 1. The van der Waals surface area contributed by atoms with Gasteiger partial charge in [-0.25, -0.2) is 4.79 Å². The standard InChI is InChI=1S/C14H15NO4/c16-9-6-12(14(18)19)15(7-9)13(17)11-5-8-3-1-2-4-10(8)11/h1-4,9,11-12,16H,5-7H2,(H,18,19). The number of carboxylic acid groups (broad SMARTS) is 1. The Hall–Kier alpha value is -1.88. The van der Waals surface area contributed by atoms with Crippen LogP contribution in [0.4, 0.5) is 0 Å². The minimum atomic E-state index is -1.04. The summed E-state index contributed by atoms with van der Waals surface area (Å²) in [4.78, 5) is 24.8. The third-order valence-corrected chi connectivity index (χ3v) is 4.00. The van der Waals surface area contributed by atoms with E-state index in [1.807, 2.05) is 24.3 Å². The molecular formula is C14H15NO4. The first-order chi connectivity index (χ1) is 9.08. The van der Waals surface area contributed by atoms with Crippen molar-refractivity contribution in [2.24, 2.45) is 0 Å². The molecular weight excluding hydrogens is 246 g/mol. The highest BCUT2D eigenvalue weighted by Gasteiger charge is 2.43. The van der Waals surface area contributed by atoms with Crippen LogP contribution in [0.5, 0.6) is 0 Å². The van der Waals surface area contributed by atoms with Crippen LogP contribution in [0.1, 0.15) is 23.5 Å².